The molecule has 9 atom stereocenters. The number of carbonyl (C=O) groups excluding carboxylic acids is 6. The molecule has 65 heavy (non-hydrogen) atoms. The number of esters is 6. The van der Waals surface area contributed by atoms with Crippen LogP contribution in [0.25, 0.3) is 0 Å². The molecule has 0 N–H and O–H groups in total. The Morgan fingerprint density at radius 2 is 1.26 bits per heavy atom. The molecule has 12 nitrogen and oxygen atoms in total. The van der Waals surface area contributed by atoms with Crippen molar-refractivity contribution in [3.05, 3.63) is 35.5 Å². The SMILES string of the molecule is C=C1CC[C@H](OC(=O)[C@H](OC(=O)CCC)[C@@H](OC(=O)CCC)[C@H](OC(=O)CCC)[C@@H](COC(=O)CCC)OC(=O)CCC)C/C1=C/C=C1\CCC[C@]2(C)C([C@H](C)CCCC(C)C)CC[C@@H]12. The normalized spacial score (nSPS) is 24.3. The maximum Gasteiger partial charge on any atom is 0.351 e. The van der Waals surface area contributed by atoms with Crippen LogP contribution >= 0.6 is 0 Å². The molecule has 12 heteroatoms. The quantitative estimate of drug-likeness (QED) is 0.0568. The van der Waals surface area contributed by atoms with Gasteiger partial charge in [0.1, 0.15) is 12.7 Å². The van der Waals surface area contributed by atoms with Gasteiger partial charge in [-0.2, -0.15) is 0 Å². The van der Waals surface area contributed by atoms with Crippen LogP contribution in [0.1, 0.15) is 197 Å². The molecule has 0 aromatic rings. The Kier molecular flexibility index (Phi) is 24.1. The fourth-order valence-corrected chi connectivity index (χ4v) is 10.2. The van der Waals surface area contributed by atoms with Gasteiger partial charge in [0, 0.05) is 38.5 Å². The van der Waals surface area contributed by atoms with Crippen molar-refractivity contribution in [2.45, 2.75) is 228 Å². The van der Waals surface area contributed by atoms with E-state index >= 15 is 0 Å². The molecule has 3 rings (SSSR count). The zero-order valence-electron chi connectivity index (χ0n) is 41.5. The molecule has 368 valence electrons. The van der Waals surface area contributed by atoms with Gasteiger partial charge in [-0.25, -0.2) is 4.79 Å². The molecule has 0 aliphatic heterocycles. The third-order valence-electron chi connectivity index (χ3n) is 13.6. The predicted molar refractivity (Wildman–Crippen MR) is 250 cm³/mol. The van der Waals surface area contributed by atoms with Crippen LogP contribution < -0.4 is 0 Å². The molecule has 0 aromatic carbocycles. The van der Waals surface area contributed by atoms with Crippen molar-refractivity contribution in [3.63, 3.8) is 0 Å². The van der Waals surface area contributed by atoms with Crippen molar-refractivity contribution in [2.24, 2.45) is 29.1 Å². The van der Waals surface area contributed by atoms with E-state index in [0.717, 1.165) is 29.9 Å². The van der Waals surface area contributed by atoms with Crippen molar-refractivity contribution in [1.82, 2.24) is 0 Å². The number of carbonyl (C=O) groups is 6. The highest BCUT2D eigenvalue weighted by atomic mass is 16.7. The van der Waals surface area contributed by atoms with E-state index < -0.39 is 72.9 Å². The van der Waals surface area contributed by atoms with Crippen LogP contribution in [0.2, 0.25) is 0 Å². The standard InChI is InChI=1S/C53H84O12/c1-11-18-44(54)60-34-43(62-45(55)19-12-2)49(63-46(56)20-13-3)50(64-47(57)21-14-4)51(65-48(58)22-15-5)52(59)61-40-29-26-36(8)39(33-40)28-27-38-25-17-32-53(10)41(30-31-42(38)53)37(9)24-16-23-35(6)7/h27-28,35,37,40-43,49-51H,8,11-26,29-34H2,1-7,9-10H3/b38-27+,39-28-/t37-,40+,41?,42+,43-,49-,50+,51-,53-/m1/s1. The second-order valence-electron chi connectivity index (χ2n) is 19.5. The zero-order chi connectivity index (χ0) is 48.1. The molecule has 0 heterocycles. The largest absolute Gasteiger partial charge is 0.462 e. The Labute approximate surface area is 390 Å². The average molecular weight is 913 g/mol. The summed E-state index contributed by atoms with van der Waals surface area (Å²) in [6.07, 6.45) is 9.72. The highest BCUT2D eigenvalue weighted by Crippen LogP contribution is 2.60. The Morgan fingerprint density at radius 1 is 0.692 bits per heavy atom. The summed E-state index contributed by atoms with van der Waals surface area (Å²) in [7, 11) is 0. The third-order valence-corrected chi connectivity index (χ3v) is 13.6. The number of hydrogen-bond acceptors (Lipinski definition) is 12. The van der Waals surface area contributed by atoms with Crippen LogP contribution in [-0.4, -0.2) is 72.9 Å². The summed E-state index contributed by atoms with van der Waals surface area (Å²) in [5.74, 6) is -1.96. The second kappa shape index (κ2) is 28.3. The Balaban J connectivity index is 2.00. The molecule has 0 aromatic heterocycles. The topological polar surface area (TPSA) is 158 Å². The molecule has 0 amide bonds. The summed E-state index contributed by atoms with van der Waals surface area (Å²) in [5, 5.41) is 0. The zero-order valence-corrected chi connectivity index (χ0v) is 41.5. The monoisotopic (exact) mass is 913 g/mol. The fraction of sp³-hybridized carbons (Fsp3) is 0.774. The van der Waals surface area contributed by atoms with Crippen LogP contribution in [0.15, 0.2) is 35.5 Å². The maximum atomic E-state index is 14.6. The van der Waals surface area contributed by atoms with E-state index in [0.29, 0.717) is 69.1 Å². The molecule has 0 saturated heterocycles. The van der Waals surface area contributed by atoms with Gasteiger partial charge >= 0.3 is 35.8 Å². The lowest BCUT2D eigenvalue weighted by Crippen LogP contribution is -2.56. The van der Waals surface area contributed by atoms with Gasteiger partial charge < -0.3 is 28.4 Å². The van der Waals surface area contributed by atoms with E-state index in [-0.39, 0.29) is 37.5 Å². The Hall–Kier alpha value is -3.96. The lowest BCUT2D eigenvalue weighted by molar-refractivity contribution is -0.212. The van der Waals surface area contributed by atoms with Crippen LogP contribution in [0.4, 0.5) is 0 Å². The molecular weight excluding hydrogens is 829 g/mol. The van der Waals surface area contributed by atoms with Crippen molar-refractivity contribution < 1.29 is 57.2 Å². The molecule has 3 aliphatic carbocycles. The number of ether oxygens (including phenoxy) is 6. The highest BCUT2D eigenvalue weighted by molar-refractivity contribution is 5.81. The average Bonchev–Trinajstić information content (AvgIpc) is 3.61. The van der Waals surface area contributed by atoms with Gasteiger partial charge in [-0.15, -0.1) is 0 Å². The molecule has 1 unspecified atom stereocenters. The summed E-state index contributed by atoms with van der Waals surface area (Å²) >= 11 is 0. The van der Waals surface area contributed by atoms with Crippen LogP contribution in [0.3, 0.4) is 0 Å². The third kappa shape index (κ3) is 17.3. The van der Waals surface area contributed by atoms with E-state index in [9.17, 15) is 28.8 Å². The lowest BCUT2D eigenvalue weighted by atomic mass is 9.60. The highest BCUT2D eigenvalue weighted by Gasteiger charge is 2.51. The summed E-state index contributed by atoms with van der Waals surface area (Å²) in [6, 6.07) is 0. The maximum absolute atomic E-state index is 14.6. The van der Waals surface area contributed by atoms with Crippen LogP contribution in [0, 0.1) is 29.1 Å². The first kappa shape index (κ1) is 55.4. The van der Waals surface area contributed by atoms with Crippen molar-refractivity contribution >= 4 is 35.8 Å². The van der Waals surface area contributed by atoms with E-state index in [1.165, 1.54) is 44.1 Å². The van der Waals surface area contributed by atoms with Gasteiger partial charge in [-0.1, -0.05) is 111 Å². The van der Waals surface area contributed by atoms with E-state index in [1.54, 1.807) is 34.6 Å². The molecule has 3 aliphatic rings. The smallest absolute Gasteiger partial charge is 0.351 e. The van der Waals surface area contributed by atoms with Gasteiger partial charge in [-0.3, -0.25) is 24.0 Å². The molecule has 0 bridgehead atoms. The van der Waals surface area contributed by atoms with E-state index in [2.05, 4.69) is 46.4 Å². The summed E-state index contributed by atoms with van der Waals surface area (Å²) < 4.78 is 35.2. The van der Waals surface area contributed by atoms with Gasteiger partial charge in [-0.05, 0) is 112 Å². The van der Waals surface area contributed by atoms with Crippen molar-refractivity contribution in [1.29, 1.82) is 0 Å². The predicted octanol–water partition coefficient (Wildman–Crippen LogP) is 11.4. The van der Waals surface area contributed by atoms with Crippen LogP contribution in [0.5, 0.6) is 0 Å². The summed E-state index contributed by atoms with van der Waals surface area (Å²) in [6.45, 7) is 22.2. The Morgan fingerprint density at radius 3 is 1.86 bits per heavy atom. The number of rotatable bonds is 27. The van der Waals surface area contributed by atoms with Gasteiger partial charge in [0.2, 0.25) is 6.10 Å². The molecule has 0 spiro atoms. The minimum absolute atomic E-state index is 0.0238. The number of allylic oxidation sites excluding steroid dienone is 4. The minimum atomic E-state index is -1.93. The molecule has 3 saturated carbocycles. The summed E-state index contributed by atoms with van der Waals surface area (Å²) in [4.78, 5) is 80.4. The molecule has 0 radical (unpaired) electrons. The first-order chi connectivity index (χ1) is 31.0. The van der Waals surface area contributed by atoms with Gasteiger partial charge in [0.15, 0.2) is 18.3 Å². The first-order valence-electron chi connectivity index (χ1n) is 25.2. The minimum Gasteiger partial charge on any atom is -0.462 e. The van der Waals surface area contributed by atoms with E-state index in [1.807, 2.05) is 0 Å². The number of fused-ring (bicyclic) bond motifs is 1. The van der Waals surface area contributed by atoms with E-state index in [4.69, 9.17) is 28.4 Å². The van der Waals surface area contributed by atoms with Crippen molar-refractivity contribution in [3.8, 4) is 0 Å². The Bertz CT molecular complexity index is 1640. The molecular formula is C53H84O12. The molecule has 3 fully saturated rings. The second-order valence-corrected chi connectivity index (χ2v) is 19.5. The lowest BCUT2D eigenvalue weighted by Gasteiger charge is -2.44. The summed E-state index contributed by atoms with van der Waals surface area (Å²) in [5.41, 5.74) is 3.69. The fourth-order valence-electron chi connectivity index (χ4n) is 10.2. The van der Waals surface area contributed by atoms with Gasteiger partial charge in [0.25, 0.3) is 0 Å². The van der Waals surface area contributed by atoms with Gasteiger partial charge in [0.05, 0.1) is 0 Å². The number of hydrogen-bond donors (Lipinski definition) is 0. The van der Waals surface area contributed by atoms with Crippen LogP contribution in [-0.2, 0) is 57.2 Å². The first-order valence-corrected chi connectivity index (χ1v) is 25.2. The van der Waals surface area contributed by atoms with Crippen molar-refractivity contribution in [2.75, 3.05) is 6.61 Å².